The first kappa shape index (κ1) is 13.6. The van der Waals surface area contributed by atoms with E-state index in [9.17, 15) is 0 Å². The van der Waals surface area contributed by atoms with E-state index < -0.39 is 0 Å². The quantitative estimate of drug-likeness (QED) is 0.890. The molecule has 1 heterocycles. The molecule has 4 heteroatoms. The number of ether oxygens (including phenoxy) is 2. The van der Waals surface area contributed by atoms with E-state index in [0.717, 1.165) is 30.1 Å². The molecule has 1 saturated heterocycles. The Balaban J connectivity index is 2.09. The Bertz CT molecular complexity index is 389. The van der Waals surface area contributed by atoms with Gasteiger partial charge in [0.1, 0.15) is 6.10 Å². The number of rotatable bonds is 5. The van der Waals surface area contributed by atoms with E-state index in [4.69, 9.17) is 15.2 Å². The van der Waals surface area contributed by atoms with Crippen LogP contribution in [0.5, 0.6) is 11.5 Å². The van der Waals surface area contributed by atoms with Crippen LogP contribution in [0.3, 0.4) is 0 Å². The van der Waals surface area contributed by atoms with Crippen LogP contribution in [0.1, 0.15) is 18.9 Å². The summed E-state index contributed by atoms with van der Waals surface area (Å²) in [6.07, 6.45) is 2.30. The summed E-state index contributed by atoms with van der Waals surface area (Å²) in [4.78, 5) is 0. The average Bonchev–Trinajstić information content (AvgIpc) is 2.83. The number of nitrogens with two attached hydrogens (primary N) is 1. The van der Waals surface area contributed by atoms with Crippen molar-refractivity contribution >= 4 is 11.8 Å². The second-order valence-corrected chi connectivity index (χ2v) is 5.92. The van der Waals surface area contributed by atoms with Crippen LogP contribution in [0.25, 0.3) is 0 Å². The molecule has 0 spiro atoms. The topological polar surface area (TPSA) is 44.5 Å². The minimum absolute atomic E-state index is 0.160. The summed E-state index contributed by atoms with van der Waals surface area (Å²) in [6.45, 7) is 2.01. The van der Waals surface area contributed by atoms with Gasteiger partial charge >= 0.3 is 0 Å². The molecule has 0 aliphatic carbocycles. The Morgan fingerprint density at radius 1 is 1.44 bits per heavy atom. The molecule has 0 radical (unpaired) electrons. The van der Waals surface area contributed by atoms with E-state index in [-0.39, 0.29) is 6.04 Å². The monoisotopic (exact) mass is 267 g/mol. The molecule has 0 aromatic heterocycles. The van der Waals surface area contributed by atoms with Crippen LogP contribution in [0.2, 0.25) is 0 Å². The highest BCUT2D eigenvalue weighted by molar-refractivity contribution is 7.99. The zero-order chi connectivity index (χ0) is 13.0. The van der Waals surface area contributed by atoms with Gasteiger partial charge in [-0.2, -0.15) is 11.8 Å². The predicted molar refractivity (Wildman–Crippen MR) is 76.7 cm³/mol. The van der Waals surface area contributed by atoms with Crippen molar-refractivity contribution in [3.05, 3.63) is 23.8 Å². The summed E-state index contributed by atoms with van der Waals surface area (Å²) >= 11 is 1.94. The van der Waals surface area contributed by atoms with Crippen molar-refractivity contribution in [3.8, 4) is 11.5 Å². The highest BCUT2D eigenvalue weighted by Gasteiger charge is 2.18. The van der Waals surface area contributed by atoms with Crippen LogP contribution in [-0.4, -0.2) is 30.8 Å². The van der Waals surface area contributed by atoms with Crippen molar-refractivity contribution in [3.63, 3.8) is 0 Å². The van der Waals surface area contributed by atoms with Crippen LogP contribution < -0.4 is 15.2 Å². The largest absolute Gasteiger partial charge is 0.493 e. The lowest BCUT2D eigenvalue weighted by atomic mass is 10.1. The minimum atomic E-state index is 0.160. The third-order valence-electron chi connectivity index (χ3n) is 2.97. The Hall–Kier alpha value is -0.870. The van der Waals surface area contributed by atoms with E-state index in [2.05, 4.69) is 6.07 Å². The van der Waals surface area contributed by atoms with Gasteiger partial charge in [-0.1, -0.05) is 6.07 Å². The van der Waals surface area contributed by atoms with Crippen LogP contribution in [-0.2, 0) is 6.42 Å². The molecule has 18 heavy (non-hydrogen) atoms. The second-order valence-electron chi connectivity index (χ2n) is 4.77. The molecule has 1 aromatic carbocycles. The molecule has 100 valence electrons. The lowest BCUT2D eigenvalue weighted by molar-refractivity contribution is 0.218. The van der Waals surface area contributed by atoms with Gasteiger partial charge < -0.3 is 15.2 Å². The van der Waals surface area contributed by atoms with Gasteiger partial charge in [0.05, 0.1) is 7.11 Å². The molecule has 2 rings (SSSR count). The fourth-order valence-electron chi connectivity index (χ4n) is 2.09. The van der Waals surface area contributed by atoms with Crippen LogP contribution >= 0.6 is 11.8 Å². The lowest BCUT2D eigenvalue weighted by Gasteiger charge is -2.16. The molecule has 0 bridgehead atoms. The zero-order valence-corrected chi connectivity index (χ0v) is 11.8. The van der Waals surface area contributed by atoms with Crippen molar-refractivity contribution in [1.29, 1.82) is 0 Å². The van der Waals surface area contributed by atoms with E-state index in [1.165, 1.54) is 11.3 Å². The molecule has 2 N–H and O–H groups in total. The van der Waals surface area contributed by atoms with Crippen molar-refractivity contribution in [1.82, 2.24) is 0 Å². The Kier molecular flexibility index (Phi) is 4.78. The molecule has 0 saturated carbocycles. The first-order valence-corrected chi connectivity index (χ1v) is 7.51. The highest BCUT2D eigenvalue weighted by atomic mass is 32.2. The lowest BCUT2D eigenvalue weighted by Crippen LogP contribution is -2.18. The summed E-state index contributed by atoms with van der Waals surface area (Å²) in [5.41, 5.74) is 7.00. The van der Waals surface area contributed by atoms with Gasteiger partial charge in [-0.3, -0.25) is 0 Å². The molecular formula is C14H21NO2S. The van der Waals surface area contributed by atoms with Gasteiger partial charge in [0.2, 0.25) is 0 Å². The number of hydrogen-bond donors (Lipinski definition) is 1. The number of methoxy groups -OCH3 is 1. The van der Waals surface area contributed by atoms with E-state index >= 15 is 0 Å². The maximum atomic E-state index is 5.98. The molecule has 1 fully saturated rings. The Morgan fingerprint density at radius 3 is 2.89 bits per heavy atom. The van der Waals surface area contributed by atoms with Gasteiger partial charge in [-0.05, 0) is 43.2 Å². The number of benzene rings is 1. The maximum Gasteiger partial charge on any atom is 0.161 e. The summed E-state index contributed by atoms with van der Waals surface area (Å²) < 4.78 is 11.4. The van der Waals surface area contributed by atoms with E-state index in [0.29, 0.717) is 6.10 Å². The van der Waals surface area contributed by atoms with Gasteiger partial charge in [0.25, 0.3) is 0 Å². The van der Waals surface area contributed by atoms with Crippen LogP contribution in [0.4, 0.5) is 0 Å². The van der Waals surface area contributed by atoms with Gasteiger partial charge in [-0.15, -0.1) is 0 Å². The predicted octanol–water partition coefficient (Wildman–Crippen LogP) is 2.47. The molecule has 3 nitrogen and oxygen atoms in total. The van der Waals surface area contributed by atoms with Crippen molar-refractivity contribution in [2.75, 3.05) is 18.6 Å². The minimum Gasteiger partial charge on any atom is -0.493 e. The average molecular weight is 267 g/mol. The third-order valence-corrected chi connectivity index (χ3v) is 4.10. The first-order valence-electron chi connectivity index (χ1n) is 6.36. The number of thioether (sulfide) groups is 1. The zero-order valence-electron chi connectivity index (χ0n) is 11.0. The second kappa shape index (κ2) is 6.34. The van der Waals surface area contributed by atoms with E-state index in [1.54, 1.807) is 7.11 Å². The third kappa shape index (κ3) is 3.56. The summed E-state index contributed by atoms with van der Waals surface area (Å²) in [5, 5.41) is 0. The van der Waals surface area contributed by atoms with Gasteiger partial charge in [-0.25, -0.2) is 0 Å². The SMILES string of the molecule is COc1cc(CC(C)N)ccc1OC1CCSC1. The van der Waals surface area contributed by atoms with Crippen LogP contribution in [0.15, 0.2) is 18.2 Å². The molecule has 1 aliphatic heterocycles. The fraction of sp³-hybridized carbons (Fsp3) is 0.571. The maximum absolute atomic E-state index is 5.98. The molecule has 1 aromatic rings. The van der Waals surface area contributed by atoms with Crippen LogP contribution in [0, 0.1) is 0 Å². The van der Waals surface area contributed by atoms with Gasteiger partial charge in [0, 0.05) is 11.8 Å². The van der Waals surface area contributed by atoms with Crippen molar-refractivity contribution in [2.45, 2.75) is 31.9 Å². The Morgan fingerprint density at radius 2 is 2.28 bits per heavy atom. The fourth-order valence-corrected chi connectivity index (χ4v) is 3.19. The molecule has 1 aliphatic rings. The van der Waals surface area contributed by atoms with E-state index in [1.807, 2.05) is 30.8 Å². The Labute approximate surface area is 113 Å². The molecule has 2 atom stereocenters. The van der Waals surface area contributed by atoms with Gasteiger partial charge in [0.15, 0.2) is 11.5 Å². The smallest absolute Gasteiger partial charge is 0.161 e. The summed E-state index contributed by atoms with van der Waals surface area (Å²) in [6, 6.07) is 6.26. The highest BCUT2D eigenvalue weighted by Crippen LogP contribution is 2.32. The summed E-state index contributed by atoms with van der Waals surface area (Å²) in [7, 11) is 1.68. The normalized spacial score (nSPS) is 20.7. The first-order chi connectivity index (χ1) is 8.69. The van der Waals surface area contributed by atoms with Crippen molar-refractivity contribution in [2.24, 2.45) is 5.73 Å². The molecular weight excluding hydrogens is 246 g/mol. The molecule has 2 unspecified atom stereocenters. The standard InChI is InChI=1S/C14H21NO2S/c1-10(15)7-11-3-4-13(14(8-11)16-2)17-12-5-6-18-9-12/h3-4,8,10,12H,5-7,9,15H2,1-2H3. The number of hydrogen-bond acceptors (Lipinski definition) is 4. The summed E-state index contributed by atoms with van der Waals surface area (Å²) in [5.74, 6) is 3.92. The molecule has 0 amide bonds. The van der Waals surface area contributed by atoms with Crippen molar-refractivity contribution < 1.29 is 9.47 Å².